The third-order valence-electron chi connectivity index (χ3n) is 4.33. The van der Waals surface area contributed by atoms with E-state index in [1.165, 1.54) is 25.1 Å². The lowest BCUT2D eigenvalue weighted by Crippen LogP contribution is -2.30. The smallest absolute Gasteiger partial charge is 0.311 e. The molecule has 3 aromatic carbocycles. The van der Waals surface area contributed by atoms with Crippen LogP contribution in [0, 0.1) is 5.82 Å². The molecule has 0 aliphatic rings. The van der Waals surface area contributed by atoms with E-state index in [4.69, 9.17) is 16.3 Å². The van der Waals surface area contributed by atoms with Crippen molar-refractivity contribution in [2.24, 2.45) is 0 Å². The quantitative estimate of drug-likeness (QED) is 0.563. The summed E-state index contributed by atoms with van der Waals surface area (Å²) in [5.41, 5.74) is 2.44. The van der Waals surface area contributed by atoms with Gasteiger partial charge in [-0.2, -0.15) is 0 Å². The van der Waals surface area contributed by atoms with Gasteiger partial charge in [0, 0.05) is 21.8 Å². The number of para-hydroxylation sites is 1. The Morgan fingerprint density at radius 3 is 2.41 bits per heavy atom. The minimum Gasteiger partial charge on any atom is -0.452 e. The fraction of sp³-hybridized carbons (Fsp3) is 0.130. The molecule has 0 spiro atoms. The van der Waals surface area contributed by atoms with Crippen LogP contribution in [0.5, 0.6) is 0 Å². The molecule has 1 atom stereocenters. The molecule has 0 aliphatic heterocycles. The molecule has 0 aromatic heterocycles. The lowest BCUT2D eigenvalue weighted by Gasteiger charge is -2.16. The molecular formula is C23H19ClFNO3. The second-order valence-corrected chi connectivity index (χ2v) is 6.82. The van der Waals surface area contributed by atoms with E-state index in [-0.39, 0.29) is 17.0 Å². The predicted octanol–water partition coefficient (Wildman–Crippen LogP) is 5.26. The van der Waals surface area contributed by atoms with E-state index >= 15 is 0 Å². The Labute approximate surface area is 173 Å². The Balaban J connectivity index is 1.67. The zero-order valence-corrected chi connectivity index (χ0v) is 16.4. The standard InChI is InChI=1S/C23H19ClFNO3/c1-15(29-22(27)14-18-19(24)11-7-12-20(18)25)23(28)26-21-13-6-5-10-17(21)16-8-3-2-4-9-16/h2-13,15H,14H2,1H3,(H,26,28)/t15-/m1/s1. The van der Waals surface area contributed by atoms with Crippen LogP contribution in [0.1, 0.15) is 12.5 Å². The van der Waals surface area contributed by atoms with Crippen LogP contribution in [0.3, 0.4) is 0 Å². The molecule has 0 saturated heterocycles. The molecular weight excluding hydrogens is 393 g/mol. The highest BCUT2D eigenvalue weighted by Gasteiger charge is 2.21. The third kappa shape index (κ3) is 5.21. The van der Waals surface area contributed by atoms with Gasteiger partial charge >= 0.3 is 5.97 Å². The molecule has 1 amide bonds. The number of hydrogen-bond acceptors (Lipinski definition) is 3. The van der Waals surface area contributed by atoms with E-state index in [0.717, 1.165) is 11.1 Å². The highest BCUT2D eigenvalue weighted by molar-refractivity contribution is 6.31. The monoisotopic (exact) mass is 411 g/mol. The van der Waals surface area contributed by atoms with Crippen molar-refractivity contribution in [3.05, 3.63) is 89.2 Å². The largest absolute Gasteiger partial charge is 0.452 e. The summed E-state index contributed by atoms with van der Waals surface area (Å²) in [5, 5.41) is 2.92. The third-order valence-corrected chi connectivity index (χ3v) is 4.68. The summed E-state index contributed by atoms with van der Waals surface area (Å²) >= 11 is 5.93. The maximum Gasteiger partial charge on any atom is 0.311 e. The number of hydrogen-bond donors (Lipinski definition) is 1. The second-order valence-electron chi connectivity index (χ2n) is 6.41. The summed E-state index contributed by atoms with van der Waals surface area (Å²) in [6, 6.07) is 21.1. The highest BCUT2D eigenvalue weighted by atomic mass is 35.5. The topological polar surface area (TPSA) is 55.4 Å². The Morgan fingerprint density at radius 1 is 1.00 bits per heavy atom. The lowest BCUT2D eigenvalue weighted by atomic mass is 10.0. The van der Waals surface area contributed by atoms with Crippen LogP contribution in [-0.2, 0) is 20.7 Å². The van der Waals surface area contributed by atoms with E-state index in [2.05, 4.69) is 5.32 Å². The SMILES string of the molecule is C[C@@H](OC(=O)Cc1c(F)cccc1Cl)C(=O)Nc1ccccc1-c1ccccc1. The average Bonchev–Trinajstić information content (AvgIpc) is 2.72. The Bertz CT molecular complexity index is 1000. The summed E-state index contributed by atoms with van der Waals surface area (Å²) in [5.74, 6) is -1.82. The summed E-state index contributed by atoms with van der Waals surface area (Å²) < 4.78 is 19.0. The van der Waals surface area contributed by atoms with Crippen LogP contribution >= 0.6 is 11.6 Å². The first kappa shape index (κ1) is 20.6. The lowest BCUT2D eigenvalue weighted by molar-refractivity contribution is -0.152. The molecule has 0 unspecified atom stereocenters. The molecule has 6 heteroatoms. The van der Waals surface area contributed by atoms with Gasteiger partial charge in [-0.15, -0.1) is 0 Å². The Kier molecular flexibility index (Phi) is 6.62. The van der Waals surface area contributed by atoms with E-state index in [1.807, 2.05) is 42.5 Å². The van der Waals surface area contributed by atoms with Gasteiger partial charge in [0.05, 0.1) is 6.42 Å². The predicted molar refractivity (Wildman–Crippen MR) is 111 cm³/mol. The average molecular weight is 412 g/mol. The number of benzene rings is 3. The van der Waals surface area contributed by atoms with Crippen molar-refractivity contribution in [3.8, 4) is 11.1 Å². The van der Waals surface area contributed by atoms with E-state index < -0.39 is 23.8 Å². The van der Waals surface area contributed by atoms with Crippen molar-refractivity contribution in [3.63, 3.8) is 0 Å². The van der Waals surface area contributed by atoms with Gasteiger partial charge < -0.3 is 10.1 Å². The van der Waals surface area contributed by atoms with Gasteiger partial charge in [0.15, 0.2) is 6.10 Å². The fourth-order valence-corrected chi connectivity index (χ4v) is 3.06. The molecule has 4 nitrogen and oxygen atoms in total. The second kappa shape index (κ2) is 9.34. The van der Waals surface area contributed by atoms with Crippen molar-refractivity contribution in [1.82, 2.24) is 0 Å². The first-order valence-electron chi connectivity index (χ1n) is 9.03. The van der Waals surface area contributed by atoms with Crippen LogP contribution in [0.25, 0.3) is 11.1 Å². The van der Waals surface area contributed by atoms with Crippen LogP contribution in [0.2, 0.25) is 5.02 Å². The van der Waals surface area contributed by atoms with Crippen molar-refractivity contribution >= 4 is 29.2 Å². The van der Waals surface area contributed by atoms with Crippen molar-refractivity contribution in [2.75, 3.05) is 5.32 Å². The maximum absolute atomic E-state index is 13.8. The van der Waals surface area contributed by atoms with Gasteiger partial charge in [-0.3, -0.25) is 9.59 Å². The summed E-state index contributed by atoms with van der Waals surface area (Å²) in [4.78, 5) is 24.7. The number of esters is 1. The molecule has 0 heterocycles. The van der Waals surface area contributed by atoms with E-state index in [9.17, 15) is 14.0 Å². The van der Waals surface area contributed by atoms with Crippen molar-refractivity contribution < 1.29 is 18.7 Å². The van der Waals surface area contributed by atoms with Crippen LogP contribution in [0.15, 0.2) is 72.8 Å². The Morgan fingerprint density at radius 2 is 1.69 bits per heavy atom. The maximum atomic E-state index is 13.8. The molecule has 3 rings (SSSR count). The zero-order valence-electron chi connectivity index (χ0n) is 15.7. The first-order chi connectivity index (χ1) is 14.0. The molecule has 1 N–H and O–H groups in total. The van der Waals surface area contributed by atoms with Crippen LogP contribution in [-0.4, -0.2) is 18.0 Å². The van der Waals surface area contributed by atoms with Gasteiger partial charge in [-0.1, -0.05) is 66.2 Å². The number of anilines is 1. The number of halogens is 2. The first-order valence-corrected chi connectivity index (χ1v) is 9.41. The van der Waals surface area contributed by atoms with Gasteiger partial charge in [0.25, 0.3) is 5.91 Å². The zero-order chi connectivity index (χ0) is 20.8. The normalized spacial score (nSPS) is 11.6. The molecule has 0 bridgehead atoms. The summed E-state index contributed by atoms with van der Waals surface area (Å²) in [7, 11) is 0. The van der Waals surface area contributed by atoms with E-state index in [1.54, 1.807) is 12.1 Å². The van der Waals surface area contributed by atoms with Gasteiger partial charge in [-0.05, 0) is 30.7 Å². The molecule has 3 aromatic rings. The number of carbonyl (C=O) groups is 2. The number of nitrogens with one attached hydrogen (secondary N) is 1. The van der Waals surface area contributed by atoms with Crippen molar-refractivity contribution in [1.29, 1.82) is 0 Å². The van der Waals surface area contributed by atoms with Crippen LogP contribution < -0.4 is 5.32 Å². The van der Waals surface area contributed by atoms with Gasteiger partial charge in [0.1, 0.15) is 5.82 Å². The minimum atomic E-state index is -1.06. The van der Waals surface area contributed by atoms with Gasteiger partial charge in [-0.25, -0.2) is 4.39 Å². The number of rotatable bonds is 6. The summed E-state index contributed by atoms with van der Waals surface area (Å²) in [6.45, 7) is 1.46. The number of ether oxygens (including phenoxy) is 1. The molecule has 0 aliphatic carbocycles. The van der Waals surface area contributed by atoms with Crippen LogP contribution in [0.4, 0.5) is 10.1 Å². The molecule has 0 fully saturated rings. The molecule has 0 saturated carbocycles. The fourth-order valence-electron chi connectivity index (χ4n) is 2.83. The number of carbonyl (C=O) groups excluding carboxylic acids is 2. The molecule has 29 heavy (non-hydrogen) atoms. The van der Waals surface area contributed by atoms with E-state index in [0.29, 0.717) is 5.69 Å². The van der Waals surface area contributed by atoms with Crippen molar-refractivity contribution in [2.45, 2.75) is 19.4 Å². The molecule has 148 valence electrons. The summed E-state index contributed by atoms with van der Waals surface area (Å²) in [6.07, 6.45) is -1.42. The highest BCUT2D eigenvalue weighted by Crippen LogP contribution is 2.27. The van der Waals surface area contributed by atoms with Gasteiger partial charge in [0.2, 0.25) is 0 Å². The Hall–Kier alpha value is -3.18. The number of amides is 1. The minimum absolute atomic E-state index is 0.0428. The molecule has 0 radical (unpaired) electrons.